The molecule has 0 aromatic carbocycles. The summed E-state index contributed by atoms with van der Waals surface area (Å²) < 4.78 is 3.55. The summed E-state index contributed by atoms with van der Waals surface area (Å²) in [5.41, 5.74) is 0.563. The predicted molar refractivity (Wildman–Crippen MR) is 69.1 cm³/mol. The molecule has 100 valence electrons. The van der Waals surface area contributed by atoms with Crippen molar-refractivity contribution in [2.24, 2.45) is 7.05 Å². The molecule has 0 saturated carbocycles. The SMILES string of the molecule is Cn1ncc(C(=O)N2CC[C@H](O)C2)c1-n1cccc1. The van der Waals surface area contributed by atoms with Crippen LogP contribution >= 0.6 is 0 Å². The third-order valence-electron chi connectivity index (χ3n) is 3.44. The van der Waals surface area contributed by atoms with Crippen LogP contribution in [0.4, 0.5) is 0 Å². The molecule has 19 heavy (non-hydrogen) atoms. The molecule has 0 radical (unpaired) electrons. The summed E-state index contributed by atoms with van der Waals surface area (Å²) in [6, 6.07) is 3.81. The number of amides is 1. The quantitative estimate of drug-likeness (QED) is 0.851. The van der Waals surface area contributed by atoms with E-state index in [1.165, 1.54) is 0 Å². The fraction of sp³-hybridized carbons (Fsp3) is 0.385. The number of likely N-dealkylation sites (tertiary alicyclic amines) is 1. The van der Waals surface area contributed by atoms with Crippen molar-refractivity contribution in [3.8, 4) is 5.82 Å². The highest BCUT2D eigenvalue weighted by Gasteiger charge is 2.28. The van der Waals surface area contributed by atoms with Crippen LogP contribution in [0.3, 0.4) is 0 Å². The van der Waals surface area contributed by atoms with E-state index in [0.717, 1.165) is 5.82 Å². The molecule has 0 unspecified atom stereocenters. The Hall–Kier alpha value is -2.08. The zero-order valence-electron chi connectivity index (χ0n) is 10.7. The van der Waals surface area contributed by atoms with Gasteiger partial charge in [-0.3, -0.25) is 9.48 Å². The smallest absolute Gasteiger partial charge is 0.259 e. The molecule has 2 aromatic heterocycles. The van der Waals surface area contributed by atoms with Crippen LogP contribution in [0.25, 0.3) is 5.82 Å². The normalized spacial score (nSPS) is 19.1. The molecule has 3 heterocycles. The average Bonchev–Trinajstić information content (AvgIpc) is 3.08. The Balaban J connectivity index is 1.95. The van der Waals surface area contributed by atoms with Gasteiger partial charge >= 0.3 is 0 Å². The Morgan fingerprint density at radius 2 is 2.16 bits per heavy atom. The molecule has 1 saturated heterocycles. The number of aryl methyl sites for hydroxylation is 1. The summed E-state index contributed by atoms with van der Waals surface area (Å²) in [5, 5.41) is 13.7. The topological polar surface area (TPSA) is 63.3 Å². The maximum atomic E-state index is 12.5. The molecule has 1 aliphatic heterocycles. The number of hydrogen-bond acceptors (Lipinski definition) is 3. The van der Waals surface area contributed by atoms with Crippen LogP contribution in [-0.4, -0.2) is 49.5 Å². The van der Waals surface area contributed by atoms with Gasteiger partial charge in [0.1, 0.15) is 11.4 Å². The molecule has 0 spiro atoms. The minimum atomic E-state index is -0.407. The maximum Gasteiger partial charge on any atom is 0.259 e. The number of rotatable bonds is 2. The minimum Gasteiger partial charge on any atom is -0.391 e. The minimum absolute atomic E-state index is 0.0756. The van der Waals surface area contributed by atoms with Gasteiger partial charge in [-0.1, -0.05) is 0 Å². The van der Waals surface area contributed by atoms with Crippen molar-refractivity contribution in [3.63, 3.8) is 0 Å². The number of β-amino-alcohol motifs (C(OH)–C–C–N with tert-alkyl or cyclic N) is 1. The molecule has 0 aliphatic carbocycles. The summed E-state index contributed by atoms with van der Waals surface area (Å²) in [6.45, 7) is 0.999. The molecular formula is C13H16N4O2. The van der Waals surface area contributed by atoms with Gasteiger partial charge < -0.3 is 14.6 Å². The lowest BCUT2D eigenvalue weighted by atomic mass is 10.3. The Kier molecular flexibility index (Phi) is 2.87. The van der Waals surface area contributed by atoms with Crippen molar-refractivity contribution < 1.29 is 9.90 Å². The van der Waals surface area contributed by atoms with Crippen molar-refractivity contribution in [2.45, 2.75) is 12.5 Å². The molecule has 3 rings (SSSR count). The lowest BCUT2D eigenvalue weighted by Gasteiger charge is -2.16. The van der Waals surface area contributed by atoms with Crippen molar-refractivity contribution in [3.05, 3.63) is 36.3 Å². The van der Waals surface area contributed by atoms with Gasteiger partial charge in [-0.05, 0) is 18.6 Å². The fourth-order valence-electron chi connectivity index (χ4n) is 2.46. The number of carbonyl (C=O) groups is 1. The van der Waals surface area contributed by atoms with Gasteiger partial charge in [-0.25, -0.2) is 0 Å². The molecule has 0 bridgehead atoms. The summed E-state index contributed by atoms with van der Waals surface area (Å²) in [6.07, 6.45) is 5.59. The van der Waals surface area contributed by atoms with Gasteiger partial charge in [0.25, 0.3) is 5.91 Å². The first-order valence-electron chi connectivity index (χ1n) is 6.29. The highest BCUT2D eigenvalue weighted by molar-refractivity contribution is 5.97. The van der Waals surface area contributed by atoms with E-state index >= 15 is 0 Å². The van der Waals surface area contributed by atoms with Gasteiger partial charge in [-0.2, -0.15) is 5.10 Å². The highest BCUT2D eigenvalue weighted by Crippen LogP contribution is 2.19. The van der Waals surface area contributed by atoms with Crippen LogP contribution in [0.5, 0.6) is 0 Å². The Morgan fingerprint density at radius 3 is 2.79 bits per heavy atom. The standard InChI is InChI=1S/C13H16N4O2/c1-15-12(16-5-2-3-6-16)11(8-14-15)13(19)17-7-4-10(18)9-17/h2-3,5-6,8,10,18H,4,7,9H2,1H3/t10-/m0/s1. The summed E-state index contributed by atoms with van der Waals surface area (Å²) >= 11 is 0. The van der Waals surface area contributed by atoms with Crippen LogP contribution in [0.1, 0.15) is 16.8 Å². The van der Waals surface area contributed by atoms with E-state index in [9.17, 15) is 9.90 Å². The molecule has 1 aliphatic rings. The third kappa shape index (κ3) is 2.04. The zero-order valence-corrected chi connectivity index (χ0v) is 10.7. The first kappa shape index (κ1) is 12.0. The Labute approximate surface area is 110 Å². The van der Waals surface area contributed by atoms with Crippen molar-refractivity contribution in [1.29, 1.82) is 0 Å². The summed E-state index contributed by atoms with van der Waals surface area (Å²) in [4.78, 5) is 14.1. The van der Waals surface area contributed by atoms with Crippen molar-refractivity contribution in [2.75, 3.05) is 13.1 Å². The van der Waals surface area contributed by atoms with E-state index in [0.29, 0.717) is 25.1 Å². The van der Waals surface area contributed by atoms with E-state index in [1.54, 1.807) is 15.8 Å². The molecule has 1 N–H and O–H groups in total. The van der Waals surface area contributed by atoms with E-state index in [1.807, 2.05) is 36.1 Å². The van der Waals surface area contributed by atoms with Gasteiger partial charge in [0.15, 0.2) is 0 Å². The second kappa shape index (κ2) is 4.55. The van der Waals surface area contributed by atoms with E-state index < -0.39 is 6.10 Å². The highest BCUT2D eigenvalue weighted by atomic mass is 16.3. The first-order chi connectivity index (χ1) is 9.16. The van der Waals surface area contributed by atoms with Crippen LogP contribution < -0.4 is 0 Å². The molecular weight excluding hydrogens is 244 g/mol. The van der Waals surface area contributed by atoms with Crippen LogP contribution in [-0.2, 0) is 7.05 Å². The zero-order chi connectivity index (χ0) is 13.4. The first-order valence-corrected chi connectivity index (χ1v) is 6.29. The van der Waals surface area contributed by atoms with Gasteiger partial charge in [0.2, 0.25) is 0 Å². The monoisotopic (exact) mass is 260 g/mol. The number of aromatic nitrogens is 3. The second-order valence-corrected chi connectivity index (χ2v) is 4.79. The number of hydrogen-bond donors (Lipinski definition) is 1. The van der Waals surface area contributed by atoms with Crippen LogP contribution in [0, 0.1) is 0 Å². The van der Waals surface area contributed by atoms with E-state index in [-0.39, 0.29) is 5.91 Å². The van der Waals surface area contributed by atoms with Gasteiger partial charge in [0.05, 0.1) is 12.3 Å². The molecule has 6 nitrogen and oxygen atoms in total. The lowest BCUT2D eigenvalue weighted by molar-refractivity contribution is 0.0765. The lowest BCUT2D eigenvalue weighted by Crippen LogP contribution is -2.30. The van der Waals surface area contributed by atoms with Crippen molar-refractivity contribution in [1.82, 2.24) is 19.2 Å². The Morgan fingerprint density at radius 1 is 1.42 bits per heavy atom. The van der Waals surface area contributed by atoms with Crippen molar-refractivity contribution >= 4 is 5.91 Å². The number of carbonyl (C=O) groups excluding carboxylic acids is 1. The Bertz CT molecular complexity index is 588. The summed E-state index contributed by atoms with van der Waals surface area (Å²) in [7, 11) is 1.81. The van der Waals surface area contributed by atoms with E-state index in [2.05, 4.69) is 5.10 Å². The fourth-order valence-corrected chi connectivity index (χ4v) is 2.46. The van der Waals surface area contributed by atoms with Crippen LogP contribution in [0.2, 0.25) is 0 Å². The predicted octanol–water partition coefficient (Wildman–Crippen LogP) is 0.418. The molecule has 6 heteroatoms. The average molecular weight is 260 g/mol. The number of aliphatic hydroxyl groups excluding tert-OH is 1. The maximum absolute atomic E-state index is 12.5. The van der Waals surface area contributed by atoms with Gasteiger partial charge in [0, 0.05) is 32.5 Å². The number of aliphatic hydroxyl groups is 1. The van der Waals surface area contributed by atoms with Gasteiger partial charge in [-0.15, -0.1) is 0 Å². The molecule has 2 aromatic rings. The molecule has 1 fully saturated rings. The second-order valence-electron chi connectivity index (χ2n) is 4.79. The van der Waals surface area contributed by atoms with E-state index in [4.69, 9.17) is 0 Å². The molecule has 1 atom stereocenters. The third-order valence-corrected chi connectivity index (χ3v) is 3.44. The van der Waals surface area contributed by atoms with Crippen LogP contribution in [0.15, 0.2) is 30.7 Å². The number of nitrogens with zero attached hydrogens (tertiary/aromatic N) is 4. The molecule has 1 amide bonds. The largest absolute Gasteiger partial charge is 0.391 e. The summed E-state index contributed by atoms with van der Waals surface area (Å²) in [5.74, 6) is 0.671.